The molecule has 3 heteroatoms. The molecule has 2 heterocycles. The van der Waals surface area contributed by atoms with Crippen LogP contribution in [0.25, 0.3) is 41.7 Å². The molecule has 1 aromatic heterocycles. The van der Waals surface area contributed by atoms with Gasteiger partial charge in [0.2, 0.25) is 0 Å². The molecule has 0 radical (unpaired) electrons. The van der Waals surface area contributed by atoms with Gasteiger partial charge in [-0.15, -0.1) is 11.3 Å². The number of hydrogen-bond donors (Lipinski definition) is 0. The van der Waals surface area contributed by atoms with Crippen LogP contribution in [0, 0.1) is 0 Å². The van der Waals surface area contributed by atoms with Crippen molar-refractivity contribution in [2.75, 3.05) is 9.80 Å². The summed E-state index contributed by atoms with van der Waals surface area (Å²) < 4.78 is 2.62. The molecule has 0 atom stereocenters. The summed E-state index contributed by atoms with van der Waals surface area (Å²) in [6, 6.07) is 53.0. The van der Waals surface area contributed by atoms with Crippen molar-refractivity contribution in [3.8, 4) is 0 Å². The minimum Gasteiger partial charge on any atom is -0.306 e. The Morgan fingerprint density at radius 3 is 1.66 bits per heavy atom. The van der Waals surface area contributed by atoms with Crippen molar-refractivity contribution in [2.24, 2.45) is 0 Å². The van der Waals surface area contributed by atoms with Gasteiger partial charge in [0.15, 0.2) is 0 Å². The Morgan fingerprint density at radius 1 is 0.366 bits per heavy atom. The van der Waals surface area contributed by atoms with Gasteiger partial charge < -0.3 is 9.80 Å². The Balaban J connectivity index is 1.47. The molecule has 0 aliphatic carbocycles. The van der Waals surface area contributed by atoms with Crippen LogP contribution >= 0.6 is 11.3 Å². The molecular formula is C38H24N2S. The lowest BCUT2D eigenvalue weighted by Crippen LogP contribution is -2.24. The first-order valence-corrected chi connectivity index (χ1v) is 14.8. The van der Waals surface area contributed by atoms with Gasteiger partial charge in [-0.1, -0.05) is 109 Å². The lowest BCUT2D eigenvalue weighted by molar-refractivity contribution is 1.20. The predicted octanol–water partition coefficient (Wildman–Crippen LogP) is 11.6. The Kier molecular flexibility index (Phi) is 4.80. The molecule has 7 aromatic carbocycles. The highest BCUT2D eigenvalue weighted by molar-refractivity contribution is 7.26. The number of fused-ring (bicyclic) bond motifs is 9. The quantitative estimate of drug-likeness (QED) is 0.215. The first-order chi connectivity index (χ1) is 20.4. The van der Waals surface area contributed by atoms with Crippen LogP contribution in [0.4, 0.5) is 34.1 Å². The number of thiophene rings is 1. The summed E-state index contributed by atoms with van der Waals surface area (Å²) in [5, 5.41) is 7.56. The lowest BCUT2D eigenvalue weighted by Gasteiger charge is -2.41. The molecule has 192 valence electrons. The average molecular weight is 541 g/mol. The van der Waals surface area contributed by atoms with Crippen LogP contribution in [0.3, 0.4) is 0 Å². The maximum atomic E-state index is 2.52. The molecule has 0 spiro atoms. The fourth-order valence-corrected chi connectivity index (χ4v) is 7.77. The van der Waals surface area contributed by atoms with E-state index in [2.05, 4.69) is 155 Å². The minimum absolute atomic E-state index is 1.15. The normalized spacial score (nSPS) is 12.8. The largest absolute Gasteiger partial charge is 0.306 e. The van der Waals surface area contributed by atoms with Gasteiger partial charge in [0, 0.05) is 31.9 Å². The SMILES string of the molecule is c1ccc(N2c3ccc4ccccc4c3N(c3cccc4c3sc3ccccc34)c3ccc4ccccc4c32)cc1. The molecule has 1 aliphatic heterocycles. The number of para-hydroxylation sites is 1. The van der Waals surface area contributed by atoms with Gasteiger partial charge in [0.25, 0.3) is 0 Å². The standard InChI is InChI=1S/C38H24N2S/c1-2-13-27(14-3-1)39-32-23-21-26-12-5-7-16-29(26)37(32)40(33-24-22-25-11-4-6-15-28(25)36(33)39)34-19-10-18-31-30-17-8-9-20-35(30)41-38(31)34/h1-24H. The monoisotopic (exact) mass is 540 g/mol. The van der Waals surface area contributed by atoms with Crippen LogP contribution in [-0.2, 0) is 0 Å². The Morgan fingerprint density at radius 2 is 0.927 bits per heavy atom. The highest BCUT2D eigenvalue weighted by Gasteiger charge is 2.34. The topological polar surface area (TPSA) is 6.48 Å². The van der Waals surface area contributed by atoms with E-state index in [1.165, 1.54) is 70.2 Å². The fourth-order valence-electron chi connectivity index (χ4n) is 6.56. The molecule has 0 bridgehead atoms. The van der Waals surface area contributed by atoms with E-state index >= 15 is 0 Å². The van der Waals surface area contributed by atoms with E-state index in [9.17, 15) is 0 Å². The maximum absolute atomic E-state index is 2.52. The van der Waals surface area contributed by atoms with E-state index in [1.807, 2.05) is 11.3 Å². The molecule has 0 N–H and O–H groups in total. The van der Waals surface area contributed by atoms with Gasteiger partial charge in [-0.3, -0.25) is 0 Å². The minimum atomic E-state index is 1.15. The highest BCUT2D eigenvalue weighted by Crippen LogP contribution is 2.59. The van der Waals surface area contributed by atoms with Crippen molar-refractivity contribution in [1.29, 1.82) is 0 Å². The second-order valence-corrected chi connectivity index (χ2v) is 11.6. The number of benzene rings is 7. The van der Waals surface area contributed by atoms with Crippen LogP contribution in [-0.4, -0.2) is 0 Å². The molecule has 0 amide bonds. The molecule has 1 aliphatic rings. The van der Waals surface area contributed by atoms with Gasteiger partial charge in [0.05, 0.1) is 33.1 Å². The van der Waals surface area contributed by atoms with Crippen LogP contribution in [0.15, 0.2) is 146 Å². The summed E-state index contributed by atoms with van der Waals surface area (Å²) in [7, 11) is 0. The van der Waals surface area contributed by atoms with Crippen LogP contribution in [0.2, 0.25) is 0 Å². The number of anilines is 6. The number of rotatable bonds is 2. The van der Waals surface area contributed by atoms with Gasteiger partial charge in [-0.25, -0.2) is 0 Å². The van der Waals surface area contributed by atoms with Crippen molar-refractivity contribution >= 4 is 87.2 Å². The first kappa shape index (κ1) is 22.7. The van der Waals surface area contributed by atoms with Crippen molar-refractivity contribution in [3.05, 3.63) is 146 Å². The molecule has 0 fully saturated rings. The zero-order valence-electron chi connectivity index (χ0n) is 22.2. The van der Waals surface area contributed by atoms with Crippen molar-refractivity contribution < 1.29 is 0 Å². The molecule has 2 nitrogen and oxygen atoms in total. The summed E-state index contributed by atoms with van der Waals surface area (Å²) >= 11 is 1.88. The van der Waals surface area contributed by atoms with Gasteiger partial charge >= 0.3 is 0 Å². The molecular weight excluding hydrogens is 516 g/mol. The zero-order chi connectivity index (χ0) is 26.9. The number of hydrogen-bond acceptors (Lipinski definition) is 3. The zero-order valence-corrected chi connectivity index (χ0v) is 23.0. The second-order valence-electron chi connectivity index (χ2n) is 10.6. The number of nitrogens with zero attached hydrogens (tertiary/aromatic N) is 2. The third-order valence-corrected chi connectivity index (χ3v) is 9.54. The molecule has 0 unspecified atom stereocenters. The smallest absolute Gasteiger partial charge is 0.0782 e. The van der Waals surface area contributed by atoms with E-state index in [-0.39, 0.29) is 0 Å². The Labute approximate surface area is 241 Å². The fraction of sp³-hybridized carbons (Fsp3) is 0. The van der Waals surface area contributed by atoms with Crippen molar-refractivity contribution in [3.63, 3.8) is 0 Å². The van der Waals surface area contributed by atoms with Gasteiger partial charge in [0.1, 0.15) is 0 Å². The molecule has 0 saturated heterocycles. The van der Waals surface area contributed by atoms with E-state index < -0.39 is 0 Å². The van der Waals surface area contributed by atoms with Crippen LogP contribution < -0.4 is 9.80 Å². The van der Waals surface area contributed by atoms with E-state index in [0.717, 1.165) is 5.69 Å². The lowest BCUT2D eigenvalue weighted by atomic mass is 9.96. The summed E-state index contributed by atoms with van der Waals surface area (Å²) in [4.78, 5) is 4.98. The van der Waals surface area contributed by atoms with Gasteiger partial charge in [-0.05, 0) is 47.2 Å². The predicted molar refractivity (Wildman–Crippen MR) is 177 cm³/mol. The van der Waals surface area contributed by atoms with Crippen LogP contribution in [0.1, 0.15) is 0 Å². The molecule has 8 aromatic rings. The molecule has 0 saturated carbocycles. The van der Waals surface area contributed by atoms with Crippen molar-refractivity contribution in [2.45, 2.75) is 0 Å². The highest BCUT2D eigenvalue weighted by atomic mass is 32.1. The summed E-state index contributed by atoms with van der Waals surface area (Å²) in [6.07, 6.45) is 0. The van der Waals surface area contributed by atoms with E-state index in [1.54, 1.807) is 0 Å². The van der Waals surface area contributed by atoms with Gasteiger partial charge in [-0.2, -0.15) is 0 Å². The maximum Gasteiger partial charge on any atom is 0.0782 e. The Bertz CT molecular complexity index is 2280. The second kappa shape index (κ2) is 8.69. The van der Waals surface area contributed by atoms with E-state index in [0.29, 0.717) is 0 Å². The third-order valence-electron chi connectivity index (χ3n) is 8.33. The summed E-state index contributed by atoms with van der Waals surface area (Å²) in [5.41, 5.74) is 7.14. The molecule has 9 rings (SSSR count). The molecule has 41 heavy (non-hydrogen) atoms. The first-order valence-electron chi connectivity index (χ1n) is 14.0. The van der Waals surface area contributed by atoms with E-state index in [4.69, 9.17) is 0 Å². The summed E-state index contributed by atoms with van der Waals surface area (Å²) in [5.74, 6) is 0. The van der Waals surface area contributed by atoms with Crippen LogP contribution in [0.5, 0.6) is 0 Å². The Hall–Kier alpha value is -5.12. The average Bonchev–Trinajstić information content (AvgIpc) is 3.43. The third kappa shape index (κ3) is 3.24. The van der Waals surface area contributed by atoms with Crippen molar-refractivity contribution in [1.82, 2.24) is 0 Å². The summed E-state index contributed by atoms with van der Waals surface area (Å²) in [6.45, 7) is 0.